The fraction of sp³-hybridized carbons (Fsp3) is 0.308. The van der Waals surface area contributed by atoms with Gasteiger partial charge in [-0.05, 0) is 66.8 Å². The molecule has 1 unspecified atom stereocenters. The van der Waals surface area contributed by atoms with Crippen molar-refractivity contribution in [2.45, 2.75) is 19.8 Å². The quantitative estimate of drug-likeness (QED) is 0.708. The molecule has 5 heteroatoms. The average molecular weight is 415 g/mol. The summed E-state index contributed by atoms with van der Waals surface area (Å²) in [6.45, 7) is 12.7. The zero-order chi connectivity index (χ0) is 22.0. The average Bonchev–Trinajstić information content (AvgIpc) is 2.81. The minimum atomic E-state index is 0.376. The van der Waals surface area contributed by atoms with E-state index < -0.39 is 0 Å². The molecule has 0 amide bonds. The second-order valence-corrected chi connectivity index (χ2v) is 8.22. The lowest BCUT2D eigenvalue weighted by molar-refractivity contribution is 0.275. The van der Waals surface area contributed by atoms with Crippen LogP contribution in [0.2, 0.25) is 0 Å². The van der Waals surface area contributed by atoms with Crippen LogP contribution in [0.15, 0.2) is 72.6 Å². The molecule has 2 aliphatic rings. The normalized spacial score (nSPS) is 19.1. The smallest absolute Gasteiger partial charge is 0.206 e. The number of hydrogen-bond acceptors (Lipinski definition) is 5. The molecular formula is C26H30N4O. The van der Waals surface area contributed by atoms with Crippen molar-refractivity contribution < 1.29 is 4.74 Å². The summed E-state index contributed by atoms with van der Waals surface area (Å²) in [6.07, 6.45) is 7.85. The third kappa shape index (κ3) is 4.26. The molecule has 0 spiro atoms. The van der Waals surface area contributed by atoms with Crippen molar-refractivity contribution in [2.24, 2.45) is 10.9 Å². The van der Waals surface area contributed by atoms with E-state index in [1.807, 2.05) is 31.3 Å². The van der Waals surface area contributed by atoms with Crippen molar-refractivity contribution in [1.82, 2.24) is 14.8 Å². The van der Waals surface area contributed by atoms with Crippen LogP contribution >= 0.6 is 0 Å². The van der Waals surface area contributed by atoms with Crippen LogP contribution in [-0.4, -0.2) is 48.0 Å². The van der Waals surface area contributed by atoms with Crippen LogP contribution < -0.4 is 4.74 Å². The van der Waals surface area contributed by atoms with Crippen molar-refractivity contribution in [3.63, 3.8) is 0 Å². The van der Waals surface area contributed by atoms with Gasteiger partial charge in [0, 0.05) is 49.7 Å². The van der Waals surface area contributed by atoms with Gasteiger partial charge in [0.25, 0.3) is 0 Å². The van der Waals surface area contributed by atoms with Gasteiger partial charge in [0.05, 0.1) is 12.8 Å². The first kappa shape index (κ1) is 20.9. The van der Waals surface area contributed by atoms with E-state index in [4.69, 9.17) is 9.73 Å². The molecule has 0 saturated carbocycles. The number of methoxy groups -OCH3 is 1. The molecule has 2 aromatic rings. The number of aryl methyl sites for hydroxylation is 1. The Morgan fingerprint density at radius 1 is 1.19 bits per heavy atom. The molecule has 1 atom stereocenters. The van der Waals surface area contributed by atoms with Crippen molar-refractivity contribution in [1.29, 1.82) is 0 Å². The zero-order valence-corrected chi connectivity index (χ0v) is 18.6. The highest BCUT2D eigenvalue weighted by molar-refractivity contribution is 5.91. The lowest BCUT2D eigenvalue weighted by atomic mass is 9.86. The molecule has 0 radical (unpaired) electrons. The molecule has 5 nitrogen and oxygen atoms in total. The Morgan fingerprint density at radius 2 is 1.97 bits per heavy atom. The van der Waals surface area contributed by atoms with Crippen LogP contribution in [0.25, 0.3) is 11.3 Å². The van der Waals surface area contributed by atoms with Crippen LogP contribution in [0.3, 0.4) is 0 Å². The maximum atomic E-state index is 5.41. The maximum absolute atomic E-state index is 5.41. The van der Waals surface area contributed by atoms with Gasteiger partial charge in [0.15, 0.2) is 0 Å². The van der Waals surface area contributed by atoms with Gasteiger partial charge in [-0.15, -0.1) is 0 Å². The summed E-state index contributed by atoms with van der Waals surface area (Å²) < 4.78 is 5.41. The second-order valence-electron chi connectivity index (χ2n) is 8.22. The number of nitrogens with zero attached hydrogens (tertiary/aromatic N) is 4. The number of aliphatic imine (C=N–C) groups is 1. The molecule has 31 heavy (non-hydrogen) atoms. The fourth-order valence-corrected chi connectivity index (χ4v) is 4.31. The van der Waals surface area contributed by atoms with Gasteiger partial charge in [-0.2, -0.15) is 0 Å². The number of allylic oxidation sites excluding steroid dienone is 1. The molecule has 160 valence electrons. The highest BCUT2D eigenvalue weighted by Gasteiger charge is 2.29. The van der Waals surface area contributed by atoms with Gasteiger partial charge in [-0.3, -0.25) is 4.98 Å². The van der Waals surface area contributed by atoms with Gasteiger partial charge >= 0.3 is 0 Å². The van der Waals surface area contributed by atoms with Crippen molar-refractivity contribution in [3.05, 3.63) is 84.3 Å². The van der Waals surface area contributed by atoms with Gasteiger partial charge in [-0.25, -0.2) is 4.99 Å². The summed E-state index contributed by atoms with van der Waals surface area (Å²) in [7, 11) is 3.74. The third-order valence-corrected chi connectivity index (χ3v) is 6.19. The number of guanidine groups is 1. The summed E-state index contributed by atoms with van der Waals surface area (Å²) in [5.74, 6) is 2.23. The first-order valence-electron chi connectivity index (χ1n) is 10.7. The predicted octanol–water partition coefficient (Wildman–Crippen LogP) is 4.98. The van der Waals surface area contributed by atoms with Gasteiger partial charge in [-0.1, -0.05) is 19.2 Å². The second kappa shape index (κ2) is 8.80. The van der Waals surface area contributed by atoms with E-state index in [0.717, 1.165) is 60.2 Å². The van der Waals surface area contributed by atoms with Crippen molar-refractivity contribution in [3.8, 4) is 5.75 Å². The summed E-state index contributed by atoms with van der Waals surface area (Å²) in [4.78, 5) is 13.6. The first-order valence-corrected chi connectivity index (χ1v) is 10.7. The minimum absolute atomic E-state index is 0.376. The number of hydrogen-bond donors (Lipinski definition) is 0. The number of rotatable bonds is 4. The van der Waals surface area contributed by atoms with Crippen LogP contribution in [0.1, 0.15) is 29.5 Å². The van der Waals surface area contributed by atoms with E-state index in [1.165, 1.54) is 11.1 Å². The Bertz CT molecular complexity index is 1050. The van der Waals surface area contributed by atoms with Gasteiger partial charge in [0.2, 0.25) is 5.96 Å². The minimum Gasteiger partial charge on any atom is -0.496 e. The Labute approximate surface area is 185 Å². The van der Waals surface area contributed by atoms with Crippen LogP contribution in [0.4, 0.5) is 0 Å². The Morgan fingerprint density at radius 3 is 2.68 bits per heavy atom. The summed E-state index contributed by atoms with van der Waals surface area (Å²) in [5, 5.41) is 0. The SMILES string of the molecule is C=C(c1ccc(OC)c(C)c1)C1CCCN(C2=NC(c3ccncc3)=CC(=C)N2C)C1. The maximum Gasteiger partial charge on any atom is 0.206 e. The van der Waals surface area contributed by atoms with E-state index in [9.17, 15) is 0 Å². The number of likely N-dealkylation sites (tertiary alicyclic amines) is 1. The molecule has 1 saturated heterocycles. The van der Waals surface area contributed by atoms with Crippen LogP contribution in [0.5, 0.6) is 5.75 Å². The number of ether oxygens (including phenoxy) is 1. The van der Waals surface area contributed by atoms with Crippen LogP contribution in [0, 0.1) is 12.8 Å². The zero-order valence-electron chi connectivity index (χ0n) is 18.6. The Hall–Kier alpha value is -3.34. The van der Waals surface area contributed by atoms with E-state index >= 15 is 0 Å². The highest BCUT2D eigenvalue weighted by Crippen LogP contribution is 2.33. The van der Waals surface area contributed by atoms with Gasteiger partial charge in [0.1, 0.15) is 5.75 Å². The molecule has 1 aromatic heterocycles. The molecular weight excluding hydrogens is 384 g/mol. The number of pyridine rings is 1. The Kier molecular flexibility index (Phi) is 5.94. The molecule has 0 N–H and O–H groups in total. The molecule has 1 aromatic carbocycles. The van der Waals surface area contributed by atoms with E-state index in [0.29, 0.717) is 5.92 Å². The van der Waals surface area contributed by atoms with Crippen molar-refractivity contribution in [2.75, 3.05) is 27.2 Å². The molecule has 2 aliphatic heterocycles. The molecule has 3 heterocycles. The standard InChI is InChI=1S/C26H30N4O/c1-18-15-22(8-9-25(18)31-5)20(3)23-7-6-14-30(17-23)26-28-24(16-19(2)29(26)4)21-10-12-27-13-11-21/h8-13,15-16,23H,2-3,6-7,14,17H2,1,4-5H3. The highest BCUT2D eigenvalue weighted by atomic mass is 16.5. The third-order valence-electron chi connectivity index (χ3n) is 6.19. The molecule has 4 rings (SSSR count). The predicted molar refractivity (Wildman–Crippen MR) is 128 cm³/mol. The van der Waals surface area contributed by atoms with Crippen LogP contribution in [-0.2, 0) is 0 Å². The van der Waals surface area contributed by atoms with E-state index in [1.54, 1.807) is 19.5 Å². The van der Waals surface area contributed by atoms with E-state index in [-0.39, 0.29) is 0 Å². The lowest BCUT2D eigenvalue weighted by Gasteiger charge is -2.40. The summed E-state index contributed by atoms with van der Waals surface area (Å²) >= 11 is 0. The Balaban J connectivity index is 1.57. The number of aromatic nitrogens is 1. The van der Waals surface area contributed by atoms with Crippen molar-refractivity contribution >= 4 is 17.2 Å². The molecule has 0 bridgehead atoms. The summed E-state index contributed by atoms with van der Waals surface area (Å²) in [6, 6.07) is 10.3. The molecule has 0 aliphatic carbocycles. The topological polar surface area (TPSA) is 41.0 Å². The summed E-state index contributed by atoms with van der Waals surface area (Å²) in [5.41, 5.74) is 6.40. The molecule has 1 fully saturated rings. The monoisotopic (exact) mass is 414 g/mol. The number of likely N-dealkylation sites (N-methyl/N-ethyl adjacent to an activating group) is 1. The number of piperidine rings is 1. The fourth-order valence-electron chi connectivity index (χ4n) is 4.31. The first-order chi connectivity index (χ1) is 15.0. The largest absolute Gasteiger partial charge is 0.496 e. The van der Waals surface area contributed by atoms with E-state index in [2.05, 4.69) is 47.0 Å². The number of benzene rings is 1. The lowest BCUT2D eigenvalue weighted by Crippen LogP contribution is -2.47. The van der Waals surface area contributed by atoms with Gasteiger partial charge < -0.3 is 14.5 Å².